The third-order valence-corrected chi connectivity index (χ3v) is 6.76. The van der Waals surface area contributed by atoms with Crippen LogP contribution in [-0.2, 0) is 21.1 Å². The van der Waals surface area contributed by atoms with Gasteiger partial charge in [0.2, 0.25) is 5.91 Å². The lowest BCUT2D eigenvalue weighted by Gasteiger charge is -2.24. The molecule has 8 heteroatoms. The molecule has 0 saturated carbocycles. The van der Waals surface area contributed by atoms with Gasteiger partial charge in [-0.05, 0) is 19.1 Å². The van der Waals surface area contributed by atoms with Crippen LogP contribution in [-0.4, -0.2) is 48.8 Å². The van der Waals surface area contributed by atoms with E-state index in [9.17, 15) is 17.6 Å². The Morgan fingerprint density at radius 3 is 2.76 bits per heavy atom. The highest BCUT2D eigenvalue weighted by Gasteiger charge is 2.22. The molecule has 136 valence electrons. The molecule has 1 amide bonds. The van der Waals surface area contributed by atoms with Gasteiger partial charge in [-0.3, -0.25) is 4.79 Å². The van der Waals surface area contributed by atoms with Crippen LogP contribution in [0.1, 0.15) is 19.5 Å². The van der Waals surface area contributed by atoms with E-state index in [0.717, 1.165) is 0 Å². The van der Waals surface area contributed by atoms with Crippen molar-refractivity contribution in [1.82, 2.24) is 9.88 Å². The van der Waals surface area contributed by atoms with E-state index in [0.29, 0.717) is 16.3 Å². The molecule has 1 aromatic carbocycles. The highest BCUT2D eigenvalue weighted by Crippen LogP contribution is 2.24. The smallest absolute Gasteiger partial charge is 0.228 e. The van der Waals surface area contributed by atoms with Gasteiger partial charge in [0.05, 0.1) is 17.9 Å². The van der Waals surface area contributed by atoms with E-state index < -0.39 is 15.9 Å². The molecule has 0 radical (unpaired) electrons. The van der Waals surface area contributed by atoms with Gasteiger partial charge in [-0.2, -0.15) is 0 Å². The zero-order valence-electron chi connectivity index (χ0n) is 14.4. The number of benzene rings is 1. The maximum absolute atomic E-state index is 13.3. The Bertz CT molecular complexity index is 849. The second-order valence-electron chi connectivity index (χ2n) is 5.88. The summed E-state index contributed by atoms with van der Waals surface area (Å²) in [5, 5.41) is 2.41. The molecular formula is C17H21FN2O3S2. The van der Waals surface area contributed by atoms with Gasteiger partial charge in [0.15, 0.2) is 9.84 Å². The van der Waals surface area contributed by atoms with Crippen molar-refractivity contribution in [1.29, 1.82) is 0 Å². The van der Waals surface area contributed by atoms with E-state index in [4.69, 9.17) is 0 Å². The lowest BCUT2D eigenvalue weighted by molar-refractivity contribution is -0.130. The monoisotopic (exact) mass is 384 g/mol. The van der Waals surface area contributed by atoms with Crippen LogP contribution >= 0.6 is 11.3 Å². The van der Waals surface area contributed by atoms with Crippen LogP contribution in [0.3, 0.4) is 0 Å². The summed E-state index contributed by atoms with van der Waals surface area (Å²) >= 11 is 1.34. The van der Waals surface area contributed by atoms with Crippen LogP contribution in [0.4, 0.5) is 4.39 Å². The normalized spacial score (nSPS) is 12.8. The van der Waals surface area contributed by atoms with Gasteiger partial charge < -0.3 is 4.90 Å². The van der Waals surface area contributed by atoms with Gasteiger partial charge in [0, 0.05) is 29.8 Å². The molecule has 2 aromatic rings. The summed E-state index contributed by atoms with van der Waals surface area (Å²) < 4.78 is 36.7. The topological polar surface area (TPSA) is 67.3 Å². The van der Waals surface area contributed by atoms with Gasteiger partial charge in [-0.25, -0.2) is 17.8 Å². The molecule has 5 nitrogen and oxygen atoms in total. The van der Waals surface area contributed by atoms with Gasteiger partial charge in [-0.1, -0.05) is 19.1 Å². The molecule has 0 saturated heterocycles. The summed E-state index contributed by atoms with van der Waals surface area (Å²) in [7, 11) is -1.55. The van der Waals surface area contributed by atoms with Gasteiger partial charge in [-0.15, -0.1) is 11.3 Å². The predicted octanol–water partition coefficient (Wildman–Crippen LogP) is 2.77. The second-order valence-corrected chi connectivity index (χ2v) is 9.14. The Morgan fingerprint density at radius 2 is 2.12 bits per heavy atom. The number of sulfone groups is 1. The first-order chi connectivity index (χ1) is 11.7. The molecule has 0 fully saturated rings. The third kappa shape index (κ3) is 5.34. The average Bonchev–Trinajstić information content (AvgIpc) is 3.02. The fraction of sp³-hybridized carbons (Fsp3) is 0.412. The number of aromatic nitrogens is 1. The molecule has 0 spiro atoms. The number of nitrogens with zero attached hydrogens (tertiary/aromatic N) is 2. The summed E-state index contributed by atoms with van der Waals surface area (Å²) in [4.78, 5) is 18.2. The van der Waals surface area contributed by atoms with Gasteiger partial charge >= 0.3 is 0 Å². The van der Waals surface area contributed by atoms with Crippen molar-refractivity contribution in [2.45, 2.75) is 26.3 Å². The summed E-state index contributed by atoms with van der Waals surface area (Å²) in [6, 6.07) is 5.73. The largest absolute Gasteiger partial charge is 0.342 e. The predicted molar refractivity (Wildman–Crippen MR) is 97.8 cm³/mol. The number of hydrogen-bond acceptors (Lipinski definition) is 5. The molecule has 1 aromatic heterocycles. The Balaban J connectivity index is 2.03. The number of amides is 1. The minimum absolute atomic E-state index is 0.0580. The SMILES string of the molecule is CCS(=O)(=O)CC(C)N(C)C(=O)Cc1csc(-c2cccc(F)c2)n1. The molecule has 0 aliphatic heterocycles. The Morgan fingerprint density at radius 1 is 1.40 bits per heavy atom. The Hall–Kier alpha value is -1.80. The molecule has 0 aliphatic carbocycles. The first kappa shape index (κ1) is 19.5. The first-order valence-corrected chi connectivity index (χ1v) is 10.6. The van der Waals surface area contributed by atoms with Crippen LogP contribution in [0, 0.1) is 5.82 Å². The maximum atomic E-state index is 13.3. The molecule has 1 atom stereocenters. The van der Waals surface area contributed by atoms with Crippen LogP contribution in [0.25, 0.3) is 10.6 Å². The number of thiazole rings is 1. The van der Waals surface area contributed by atoms with Crippen molar-refractivity contribution in [2.24, 2.45) is 0 Å². The molecule has 25 heavy (non-hydrogen) atoms. The van der Waals surface area contributed by atoms with Gasteiger partial charge in [0.1, 0.15) is 10.8 Å². The fourth-order valence-electron chi connectivity index (χ4n) is 2.26. The highest BCUT2D eigenvalue weighted by atomic mass is 32.2. The number of halogens is 1. The van der Waals surface area contributed by atoms with E-state index >= 15 is 0 Å². The van der Waals surface area contributed by atoms with Crippen molar-refractivity contribution < 1.29 is 17.6 Å². The Labute approximate surface area is 151 Å². The standard InChI is InChI=1S/C17H21FN2O3S2/c1-4-25(22,23)11-12(2)20(3)16(21)9-15-10-24-17(19-15)13-6-5-7-14(18)8-13/h5-8,10,12H,4,9,11H2,1-3H3. The summed E-state index contributed by atoms with van der Waals surface area (Å²) in [6.07, 6.45) is 0.0822. The fourth-order valence-corrected chi connectivity index (χ4v) is 4.28. The van der Waals surface area contributed by atoms with E-state index in [-0.39, 0.29) is 29.7 Å². The van der Waals surface area contributed by atoms with Crippen LogP contribution in [0.2, 0.25) is 0 Å². The van der Waals surface area contributed by atoms with Crippen molar-refractivity contribution >= 4 is 27.1 Å². The van der Waals surface area contributed by atoms with Crippen LogP contribution < -0.4 is 0 Å². The molecular weight excluding hydrogens is 363 g/mol. The van der Waals surface area contributed by atoms with E-state index in [2.05, 4.69) is 4.98 Å². The number of carbonyl (C=O) groups is 1. The third-order valence-electron chi connectivity index (χ3n) is 3.95. The van der Waals surface area contributed by atoms with E-state index in [1.807, 2.05) is 0 Å². The number of likely N-dealkylation sites (N-methyl/N-ethyl adjacent to an activating group) is 1. The van der Waals surface area contributed by atoms with Crippen LogP contribution in [0.5, 0.6) is 0 Å². The minimum atomic E-state index is -3.15. The maximum Gasteiger partial charge on any atom is 0.228 e. The lowest BCUT2D eigenvalue weighted by atomic mass is 10.2. The summed E-state index contributed by atoms with van der Waals surface area (Å²) in [6.45, 7) is 3.30. The molecule has 0 bridgehead atoms. The van der Waals surface area contributed by atoms with E-state index in [1.54, 1.807) is 38.4 Å². The number of hydrogen-bond donors (Lipinski definition) is 0. The molecule has 2 rings (SSSR count). The summed E-state index contributed by atoms with van der Waals surface area (Å²) in [5.74, 6) is -0.536. The Kier molecular flexibility index (Phi) is 6.29. The van der Waals surface area contributed by atoms with Gasteiger partial charge in [0.25, 0.3) is 0 Å². The quantitative estimate of drug-likeness (QED) is 0.736. The average molecular weight is 384 g/mol. The minimum Gasteiger partial charge on any atom is -0.342 e. The van der Waals surface area contributed by atoms with Crippen molar-refractivity contribution in [3.8, 4) is 10.6 Å². The molecule has 1 unspecified atom stereocenters. The van der Waals surface area contributed by atoms with E-state index in [1.165, 1.54) is 28.4 Å². The van der Waals surface area contributed by atoms with Crippen LogP contribution in [0.15, 0.2) is 29.6 Å². The summed E-state index contributed by atoms with van der Waals surface area (Å²) in [5.41, 5.74) is 1.26. The lowest BCUT2D eigenvalue weighted by Crippen LogP contribution is -2.40. The zero-order chi connectivity index (χ0) is 18.6. The highest BCUT2D eigenvalue weighted by molar-refractivity contribution is 7.91. The van der Waals surface area contributed by atoms with Crippen molar-refractivity contribution in [2.75, 3.05) is 18.6 Å². The second kappa shape index (κ2) is 8.05. The zero-order valence-corrected chi connectivity index (χ0v) is 16.0. The van der Waals surface area contributed by atoms with Crippen molar-refractivity contribution in [3.63, 3.8) is 0 Å². The molecule has 1 heterocycles. The number of rotatable bonds is 7. The molecule has 0 aliphatic rings. The van der Waals surface area contributed by atoms with Crippen molar-refractivity contribution in [3.05, 3.63) is 41.2 Å². The first-order valence-electron chi connectivity index (χ1n) is 7.88. The number of carbonyl (C=O) groups excluding carboxylic acids is 1. The molecule has 0 N–H and O–H groups in total.